The van der Waals surface area contributed by atoms with Crippen LogP contribution in [0, 0.1) is 0 Å². The summed E-state index contributed by atoms with van der Waals surface area (Å²) < 4.78 is 5.40. The van der Waals surface area contributed by atoms with E-state index in [0.29, 0.717) is 12.4 Å². The predicted octanol–water partition coefficient (Wildman–Crippen LogP) is 1.29. The zero-order chi connectivity index (χ0) is 12.8. The van der Waals surface area contributed by atoms with E-state index in [4.69, 9.17) is 9.84 Å². The molecule has 0 aliphatic heterocycles. The second-order valence-electron chi connectivity index (χ2n) is 3.74. The first-order valence-electron chi connectivity index (χ1n) is 5.22. The standard InChI is InChI=1S/C12H15NO4/c1-8(13-9(2)14)7-17-11-5-3-10(4-6-11)12(15)16/h3-6,8H,7H2,1-2H3,(H,13,14)(H,15,16). The Morgan fingerprint density at radius 3 is 2.41 bits per heavy atom. The first-order chi connectivity index (χ1) is 7.99. The molecular weight excluding hydrogens is 222 g/mol. The Hall–Kier alpha value is -2.04. The zero-order valence-corrected chi connectivity index (χ0v) is 9.77. The number of carboxylic acids is 1. The van der Waals surface area contributed by atoms with Crippen molar-refractivity contribution in [2.75, 3.05) is 6.61 Å². The van der Waals surface area contributed by atoms with Gasteiger partial charge >= 0.3 is 5.97 Å². The lowest BCUT2D eigenvalue weighted by Gasteiger charge is -2.13. The molecular formula is C12H15NO4. The number of hydrogen-bond acceptors (Lipinski definition) is 3. The van der Waals surface area contributed by atoms with Gasteiger partial charge in [-0.05, 0) is 31.2 Å². The third kappa shape index (κ3) is 4.55. The van der Waals surface area contributed by atoms with Crippen molar-refractivity contribution < 1.29 is 19.4 Å². The minimum atomic E-state index is -0.969. The molecule has 1 rings (SSSR count). The van der Waals surface area contributed by atoms with Crippen LogP contribution in [0.3, 0.4) is 0 Å². The topological polar surface area (TPSA) is 75.6 Å². The molecule has 1 aromatic carbocycles. The number of rotatable bonds is 5. The molecule has 92 valence electrons. The van der Waals surface area contributed by atoms with E-state index in [1.807, 2.05) is 6.92 Å². The normalized spacial score (nSPS) is 11.6. The van der Waals surface area contributed by atoms with E-state index in [2.05, 4.69) is 5.32 Å². The molecule has 0 radical (unpaired) electrons. The smallest absolute Gasteiger partial charge is 0.335 e. The van der Waals surface area contributed by atoms with E-state index in [1.165, 1.54) is 19.1 Å². The number of hydrogen-bond donors (Lipinski definition) is 2. The van der Waals surface area contributed by atoms with Gasteiger partial charge in [0.05, 0.1) is 11.6 Å². The molecule has 1 aromatic rings. The largest absolute Gasteiger partial charge is 0.491 e. The summed E-state index contributed by atoms with van der Waals surface area (Å²) in [4.78, 5) is 21.4. The molecule has 0 aliphatic carbocycles. The molecule has 17 heavy (non-hydrogen) atoms. The average Bonchev–Trinajstić information content (AvgIpc) is 2.26. The van der Waals surface area contributed by atoms with Crippen molar-refractivity contribution in [1.82, 2.24) is 5.32 Å². The third-order valence-electron chi connectivity index (χ3n) is 2.05. The lowest BCUT2D eigenvalue weighted by Crippen LogP contribution is -2.35. The quantitative estimate of drug-likeness (QED) is 0.809. The molecule has 2 N–H and O–H groups in total. The number of nitrogens with one attached hydrogen (secondary N) is 1. The van der Waals surface area contributed by atoms with E-state index < -0.39 is 5.97 Å². The molecule has 1 unspecified atom stereocenters. The summed E-state index contributed by atoms with van der Waals surface area (Å²) in [6.45, 7) is 3.61. The number of ether oxygens (including phenoxy) is 1. The van der Waals surface area contributed by atoms with E-state index in [0.717, 1.165) is 0 Å². The molecule has 5 nitrogen and oxygen atoms in total. The van der Waals surface area contributed by atoms with Crippen LogP contribution in [0.2, 0.25) is 0 Å². The van der Waals surface area contributed by atoms with Gasteiger partial charge in [-0.2, -0.15) is 0 Å². The number of carbonyl (C=O) groups excluding carboxylic acids is 1. The Morgan fingerprint density at radius 1 is 1.35 bits per heavy atom. The lowest BCUT2D eigenvalue weighted by molar-refractivity contribution is -0.119. The Morgan fingerprint density at radius 2 is 1.94 bits per heavy atom. The summed E-state index contributed by atoms with van der Waals surface area (Å²) in [5.74, 6) is -0.502. The summed E-state index contributed by atoms with van der Waals surface area (Å²) in [6, 6.07) is 6.03. The summed E-state index contributed by atoms with van der Waals surface area (Å²) >= 11 is 0. The van der Waals surface area contributed by atoms with E-state index >= 15 is 0 Å². The van der Waals surface area contributed by atoms with Crippen molar-refractivity contribution in [3.63, 3.8) is 0 Å². The van der Waals surface area contributed by atoms with Gasteiger partial charge in [0.15, 0.2) is 0 Å². The number of carboxylic acid groups (broad SMARTS) is 1. The predicted molar refractivity (Wildman–Crippen MR) is 62.2 cm³/mol. The second-order valence-corrected chi connectivity index (χ2v) is 3.74. The molecule has 0 spiro atoms. The van der Waals surface area contributed by atoms with Crippen LogP contribution in [0.15, 0.2) is 24.3 Å². The van der Waals surface area contributed by atoms with E-state index in [1.54, 1.807) is 12.1 Å². The van der Waals surface area contributed by atoms with Crippen LogP contribution in [-0.2, 0) is 4.79 Å². The van der Waals surface area contributed by atoms with Crippen LogP contribution >= 0.6 is 0 Å². The molecule has 1 atom stereocenters. The molecule has 0 saturated heterocycles. The van der Waals surface area contributed by atoms with Gasteiger partial charge in [0.1, 0.15) is 12.4 Å². The van der Waals surface area contributed by atoms with Gasteiger partial charge in [-0.15, -0.1) is 0 Å². The van der Waals surface area contributed by atoms with Crippen molar-refractivity contribution in [3.05, 3.63) is 29.8 Å². The lowest BCUT2D eigenvalue weighted by atomic mass is 10.2. The van der Waals surface area contributed by atoms with Crippen LogP contribution in [-0.4, -0.2) is 29.6 Å². The van der Waals surface area contributed by atoms with Gasteiger partial charge in [0.2, 0.25) is 5.91 Å². The average molecular weight is 237 g/mol. The molecule has 0 aromatic heterocycles. The van der Waals surface area contributed by atoms with Crippen LogP contribution in [0.5, 0.6) is 5.75 Å². The van der Waals surface area contributed by atoms with Gasteiger partial charge in [-0.3, -0.25) is 4.79 Å². The minimum absolute atomic E-state index is 0.0911. The van der Waals surface area contributed by atoms with Crippen molar-refractivity contribution in [3.8, 4) is 5.75 Å². The SMILES string of the molecule is CC(=O)NC(C)COc1ccc(C(=O)O)cc1. The maximum absolute atomic E-state index is 10.8. The number of amides is 1. The Labute approximate surface area is 99.4 Å². The molecule has 0 fully saturated rings. The zero-order valence-electron chi connectivity index (χ0n) is 9.77. The first-order valence-corrected chi connectivity index (χ1v) is 5.22. The Bertz CT molecular complexity index is 399. The van der Waals surface area contributed by atoms with Crippen LogP contribution < -0.4 is 10.1 Å². The minimum Gasteiger partial charge on any atom is -0.491 e. The van der Waals surface area contributed by atoms with E-state index in [9.17, 15) is 9.59 Å². The van der Waals surface area contributed by atoms with Crippen LogP contribution in [0.25, 0.3) is 0 Å². The highest BCUT2D eigenvalue weighted by atomic mass is 16.5. The highest BCUT2D eigenvalue weighted by molar-refractivity contribution is 5.87. The molecule has 0 aliphatic rings. The number of aromatic carboxylic acids is 1. The maximum atomic E-state index is 10.8. The third-order valence-corrected chi connectivity index (χ3v) is 2.05. The van der Waals surface area contributed by atoms with Crippen LogP contribution in [0.1, 0.15) is 24.2 Å². The molecule has 0 bridgehead atoms. The Balaban J connectivity index is 2.47. The van der Waals surface area contributed by atoms with Crippen molar-refractivity contribution >= 4 is 11.9 Å². The molecule has 5 heteroatoms. The highest BCUT2D eigenvalue weighted by Crippen LogP contribution is 2.12. The summed E-state index contributed by atoms with van der Waals surface area (Å²) in [5.41, 5.74) is 0.215. The van der Waals surface area contributed by atoms with Gasteiger partial charge in [-0.1, -0.05) is 0 Å². The fourth-order valence-corrected chi connectivity index (χ4v) is 1.30. The maximum Gasteiger partial charge on any atom is 0.335 e. The second kappa shape index (κ2) is 5.89. The van der Waals surface area contributed by atoms with Crippen molar-refractivity contribution in [1.29, 1.82) is 0 Å². The van der Waals surface area contributed by atoms with Gasteiger partial charge in [-0.25, -0.2) is 4.79 Å². The van der Waals surface area contributed by atoms with Gasteiger partial charge < -0.3 is 15.2 Å². The first kappa shape index (κ1) is 13.0. The van der Waals surface area contributed by atoms with E-state index in [-0.39, 0.29) is 17.5 Å². The fourth-order valence-electron chi connectivity index (χ4n) is 1.30. The Kier molecular flexibility index (Phi) is 4.51. The molecule has 0 saturated carbocycles. The molecule has 0 heterocycles. The fraction of sp³-hybridized carbons (Fsp3) is 0.333. The number of carbonyl (C=O) groups is 2. The van der Waals surface area contributed by atoms with Gasteiger partial charge in [0, 0.05) is 6.92 Å². The van der Waals surface area contributed by atoms with Crippen molar-refractivity contribution in [2.45, 2.75) is 19.9 Å². The van der Waals surface area contributed by atoms with Crippen LogP contribution in [0.4, 0.5) is 0 Å². The highest BCUT2D eigenvalue weighted by Gasteiger charge is 2.05. The summed E-state index contributed by atoms with van der Waals surface area (Å²) in [5, 5.41) is 11.4. The molecule has 1 amide bonds. The monoisotopic (exact) mass is 237 g/mol. The van der Waals surface area contributed by atoms with Gasteiger partial charge in [0.25, 0.3) is 0 Å². The van der Waals surface area contributed by atoms with Crippen molar-refractivity contribution in [2.24, 2.45) is 0 Å². The summed E-state index contributed by atoms with van der Waals surface area (Å²) in [6.07, 6.45) is 0. The number of benzene rings is 1. The summed E-state index contributed by atoms with van der Waals surface area (Å²) in [7, 11) is 0.